The Morgan fingerprint density at radius 1 is 1.16 bits per heavy atom. The van der Waals surface area contributed by atoms with E-state index in [1.165, 1.54) is 24.0 Å². The van der Waals surface area contributed by atoms with Crippen molar-refractivity contribution in [2.45, 2.75) is 51.1 Å². The molecule has 0 atom stereocenters. The average Bonchev–Trinajstić information content (AvgIpc) is 2.29. The molecule has 0 spiro atoms. The van der Waals surface area contributed by atoms with Gasteiger partial charge in [0.25, 0.3) is 0 Å². The van der Waals surface area contributed by atoms with Gasteiger partial charge in [-0.25, -0.2) is 0 Å². The molecule has 2 nitrogen and oxygen atoms in total. The van der Waals surface area contributed by atoms with Crippen LogP contribution in [0.25, 0.3) is 0 Å². The lowest BCUT2D eigenvalue weighted by Crippen LogP contribution is -2.51. The first-order valence-electron chi connectivity index (χ1n) is 7.36. The number of hydrogen-bond acceptors (Lipinski definition) is 2. The molecule has 1 aromatic rings. The summed E-state index contributed by atoms with van der Waals surface area (Å²) in [6.07, 6.45) is 2.57. The number of nitrogens with one attached hydrogen (secondary N) is 1. The van der Waals surface area contributed by atoms with Gasteiger partial charge in [-0.2, -0.15) is 0 Å². The Bertz CT molecular complexity index is 400. The van der Waals surface area contributed by atoms with E-state index in [9.17, 15) is 0 Å². The number of hydrogen-bond donors (Lipinski definition) is 1. The van der Waals surface area contributed by atoms with Crippen LogP contribution >= 0.6 is 0 Å². The Morgan fingerprint density at radius 3 is 2.26 bits per heavy atom. The first kappa shape index (κ1) is 14.5. The first-order valence-corrected chi connectivity index (χ1v) is 7.36. The summed E-state index contributed by atoms with van der Waals surface area (Å²) < 4.78 is 0. The van der Waals surface area contributed by atoms with Gasteiger partial charge in [-0.3, -0.25) is 0 Å². The third-order valence-electron chi connectivity index (χ3n) is 4.72. The van der Waals surface area contributed by atoms with E-state index in [4.69, 9.17) is 0 Å². The molecule has 1 fully saturated rings. The molecule has 0 saturated heterocycles. The van der Waals surface area contributed by atoms with E-state index in [1.54, 1.807) is 0 Å². The standard InChI is InChI=1S/C17H28N2/c1-13-6-8-14(9-7-13)15-10-16(11-15)18-12-17(2,3)19(4)5/h6-9,15-16,18H,10-12H2,1-5H3. The predicted octanol–water partition coefficient (Wildman–Crippen LogP) is 3.17. The van der Waals surface area contributed by atoms with E-state index in [-0.39, 0.29) is 5.54 Å². The van der Waals surface area contributed by atoms with Gasteiger partial charge in [0.05, 0.1) is 0 Å². The van der Waals surface area contributed by atoms with Crippen LogP contribution in [0.1, 0.15) is 43.7 Å². The summed E-state index contributed by atoms with van der Waals surface area (Å²) >= 11 is 0. The van der Waals surface area contributed by atoms with Crippen molar-refractivity contribution in [2.75, 3.05) is 20.6 Å². The molecule has 2 heteroatoms. The van der Waals surface area contributed by atoms with Crippen molar-refractivity contribution in [2.24, 2.45) is 0 Å². The van der Waals surface area contributed by atoms with Crippen LogP contribution in [0.4, 0.5) is 0 Å². The minimum Gasteiger partial charge on any atom is -0.312 e. The minimum atomic E-state index is 0.231. The summed E-state index contributed by atoms with van der Waals surface area (Å²) in [5.74, 6) is 0.764. The van der Waals surface area contributed by atoms with Gasteiger partial charge in [-0.05, 0) is 59.2 Å². The second-order valence-electron chi connectivity index (χ2n) is 6.86. The van der Waals surface area contributed by atoms with Crippen LogP contribution in [-0.4, -0.2) is 37.1 Å². The molecular weight excluding hydrogens is 232 g/mol. The van der Waals surface area contributed by atoms with Crippen molar-refractivity contribution >= 4 is 0 Å². The van der Waals surface area contributed by atoms with Crippen LogP contribution in [0.3, 0.4) is 0 Å². The van der Waals surface area contributed by atoms with Crippen LogP contribution in [0.15, 0.2) is 24.3 Å². The summed E-state index contributed by atoms with van der Waals surface area (Å²) in [7, 11) is 4.30. The maximum Gasteiger partial charge on any atom is 0.0271 e. The van der Waals surface area contributed by atoms with E-state index in [1.807, 2.05) is 0 Å². The van der Waals surface area contributed by atoms with E-state index in [0.29, 0.717) is 6.04 Å². The van der Waals surface area contributed by atoms with E-state index >= 15 is 0 Å². The second-order valence-corrected chi connectivity index (χ2v) is 6.86. The molecule has 1 aliphatic rings. The molecular formula is C17H28N2. The molecule has 0 unspecified atom stereocenters. The number of benzene rings is 1. The van der Waals surface area contributed by atoms with E-state index in [2.05, 4.69) is 69.3 Å². The molecule has 1 aromatic carbocycles. The zero-order valence-corrected chi connectivity index (χ0v) is 13.0. The fourth-order valence-corrected chi connectivity index (χ4v) is 2.45. The predicted molar refractivity (Wildman–Crippen MR) is 82.7 cm³/mol. The average molecular weight is 260 g/mol. The molecule has 19 heavy (non-hydrogen) atoms. The fraction of sp³-hybridized carbons (Fsp3) is 0.647. The summed E-state index contributed by atoms with van der Waals surface area (Å²) in [6, 6.07) is 9.74. The Labute approximate surface area is 118 Å². The third-order valence-corrected chi connectivity index (χ3v) is 4.72. The Balaban J connectivity index is 1.76. The van der Waals surface area contributed by atoms with Crippen LogP contribution in [-0.2, 0) is 0 Å². The van der Waals surface area contributed by atoms with Gasteiger partial charge in [0.2, 0.25) is 0 Å². The monoisotopic (exact) mass is 260 g/mol. The van der Waals surface area contributed by atoms with E-state index < -0.39 is 0 Å². The number of aryl methyl sites for hydroxylation is 1. The van der Waals surface area contributed by atoms with Gasteiger partial charge in [0.1, 0.15) is 0 Å². The van der Waals surface area contributed by atoms with Crippen LogP contribution < -0.4 is 5.32 Å². The summed E-state index contributed by atoms with van der Waals surface area (Å²) in [5, 5.41) is 3.71. The molecule has 2 rings (SSSR count). The molecule has 0 aliphatic heterocycles. The first-order chi connectivity index (χ1) is 8.88. The van der Waals surface area contributed by atoms with Crippen molar-refractivity contribution in [1.82, 2.24) is 10.2 Å². The molecule has 0 heterocycles. The third kappa shape index (κ3) is 3.58. The summed E-state index contributed by atoms with van der Waals surface area (Å²) in [5.41, 5.74) is 3.09. The smallest absolute Gasteiger partial charge is 0.0271 e. The zero-order chi connectivity index (χ0) is 14.0. The lowest BCUT2D eigenvalue weighted by molar-refractivity contribution is 0.168. The molecule has 1 saturated carbocycles. The van der Waals surface area contributed by atoms with Gasteiger partial charge < -0.3 is 10.2 Å². The lowest BCUT2D eigenvalue weighted by atomic mass is 9.75. The summed E-state index contributed by atoms with van der Waals surface area (Å²) in [4.78, 5) is 2.29. The van der Waals surface area contributed by atoms with Gasteiger partial charge in [0.15, 0.2) is 0 Å². The topological polar surface area (TPSA) is 15.3 Å². The maximum atomic E-state index is 3.71. The minimum absolute atomic E-state index is 0.231. The molecule has 0 amide bonds. The molecule has 106 valence electrons. The lowest BCUT2D eigenvalue weighted by Gasteiger charge is -2.40. The summed E-state index contributed by atoms with van der Waals surface area (Å²) in [6.45, 7) is 7.79. The maximum absolute atomic E-state index is 3.71. The van der Waals surface area contributed by atoms with Crippen molar-refractivity contribution in [3.05, 3.63) is 35.4 Å². The van der Waals surface area contributed by atoms with Gasteiger partial charge in [-0.1, -0.05) is 29.8 Å². The Hall–Kier alpha value is -0.860. The van der Waals surface area contributed by atoms with Gasteiger partial charge in [0, 0.05) is 18.1 Å². The van der Waals surface area contributed by atoms with Crippen molar-refractivity contribution in [3.8, 4) is 0 Å². The SMILES string of the molecule is Cc1ccc(C2CC(NCC(C)(C)N(C)C)C2)cc1. The molecule has 1 N–H and O–H groups in total. The molecule has 0 bridgehead atoms. The highest BCUT2D eigenvalue weighted by molar-refractivity contribution is 5.26. The Morgan fingerprint density at radius 2 is 1.74 bits per heavy atom. The fourth-order valence-electron chi connectivity index (χ4n) is 2.45. The highest BCUT2D eigenvalue weighted by atomic mass is 15.2. The normalized spacial score (nSPS) is 23.5. The highest BCUT2D eigenvalue weighted by Crippen LogP contribution is 2.37. The second kappa shape index (κ2) is 5.64. The van der Waals surface area contributed by atoms with Crippen molar-refractivity contribution in [1.29, 1.82) is 0 Å². The van der Waals surface area contributed by atoms with Gasteiger partial charge in [-0.15, -0.1) is 0 Å². The van der Waals surface area contributed by atoms with Crippen molar-refractivity contribution < 1.29 is 0 Å². The van der Waals surface area contributed by atoms with Crippen LogP contribution in [0.2, 0.25) is 0 Å². The largest absolute Gasteiger partial charge is 0.312 e. The van der Waals surface area contributed by atoms with Crippen LogP contribution in [0.5, 0.6) is 0 Å². The Kier molecular flexibility index (Phi) is 4.32. The number of likely N-dealkylation sites (N-methyl/N-ethyl adjacent to an activating group) is 1. The zero-order valence-electron chi connectivity index (χ0n) is 13.0. The highest BCUT2D eigenvalue weighted by Gasteiger charge is 2.31. The molecule has 0 aromatic heterocycles. The van der Waals surface area contributed by atoms with E-state index in [0.717, 1.165) is 12.5 Å². The quantitative estimate of drug-likeness (QED) is 0.875. The van der Waals surface area contributed by atoms with Gasteiger partial charge >= 0.3 is 0 Å². The van der Waals surface area contributed by atoms with Crippen LogP contribution in [0, 0.1) is 6.92 Å². The number of nitrogens with zero attached hydrogens (tertiary/aromatic N) is 1. The van der Waals surface area contributed by atoms with Crippen molar-refractivity contribution in [3.63, 3.8) is 0 Å². The number of rotatable bonds is 5. The molecule has 1 aliphatic carbocycles. The molecule has 0 radical (unpaired) electrons.